The number of ether oxygens (including phenoxy) is 2. The van der Waals surface area contributed by atoms with Crippen LogP contribution in [0.3, 0.4) is 0 Å². The molecule has 0 amide bonds. The van der Waals surface area contributed by atoms with Crippen molar-refractivity contribution in [2.45, 2.75) is 13.3 Å². The molecule has 0 saturated carbocycles. The SMILES string of the molecule is COC(=O)Cc1cc(C(=O)OC)c(C)o1. The zero-order valence-electron chi connectivity index (χ0n) is 8.83. The number of carbonyl (C=O) groups is 2. The largest absolute Gasteiger partial charge is 0.469 e. The highest BCUT2D eigenvalue weighted by atomic mass is 16.5. The molecule has 0 spiro atoms. The molecule has 0 fully saturated rings. The third-order valence-electron chi connectivity index (χ3n) is 1.92. The van der Waals surface area contributed by atoms with Crippen LogP contribution in [-0.2, 0) is 20.7 Å². The van der Waals surface area contributed by atoms with E-state index in [4.69, 9.17) is 4.42 Å². The van der Waals surface area contributed by atoms with E-state index in [9.17, 15) is 9.59 Å². The summed E-state index contributed by atoms with van der Waals surface area (Å²) in [6.07, 6.45) is 0.00827. The molecule has 0 radical (unpaired) electrons. The Morgan fingerprint density at radius 2 is 2.00 bits per heavy atom. The van der Waals surface area contributed by atoms with Gasteiger partial charge >= 0.3 is 11.9 Å². The van der Waals surface area contributed by atoms with Gasteiger partial charge in [-0.1, -0.05) is 0 Å². The summed E-state index contributed by atoms with van der Waals surface area (Å²) in [5.41, 5.74) is 0.330. The molecule has 5 heteroatoms. The maximum atomic E-state index is 11.2. The molecule has 1 aromatic rings. The molecule has 82 valence electrons. The zero-order chi connectivity index (χ0) is 11.4. The second kappa shape index (κ2) is 4.63. The molecule has 0 N–H and O–H groups in total. The van der Waals surface area contributed by atoms with Crippen molar-refractivity contribution in [2.24, 2.45) is 0 Å². The average Bonchev–Trinajstić information content (AvgIpc) is 2.58. The molecule has 0 saturated heterocycles. The van der Waals surface area contributed by atoms with Gasteiger partial charge in [0.2, 0.25) is 0 Å². The molecule has 0 unspecified atom stereocenters. The van der Waals surface area contributed by atoms with Crippen molar-refractivity contribution in [3.8, 4) is 0 Å². The third-order valence-corrected chi connectivity index (χ3v) is 1.92. The van der Waals surface area contributed by atoms with Crippen molar-refractivity contribution in [3.05, 3.63) is 23.2 Å². The maximum Gasteiger partial charge on any atom is 0.341 e. The topological polar surface area (TPSA) is 65.7 Å². The summed E-state index contributed by atoms with van der Waals surface area (Å²) in [6, 6.07) is 1.48. The number of methoxy groups -OCH3 is 2. The summed E-state index contributed by atoms with van der Waals surface area (Å²) in [4.78, 5) is 22.1. The van der Waals surface area contributed by atoms with E-state index in [1.54, 1.807) is 6.92 Å². The standard InChI is InChI=1S/C10H12O5/c1-6-8(10(12)14-3)4-7(15-6)5-9(11)13-2/h4H,5H2,1-3H3. The van der Waals surface area contributed by atoms with Gasteiger partial charge in [0.05, 0.1) is 14.2 Å². The quantitative estimate of drug-likeness (QED) is 0.701. The summed E-state index contributed by atoms with van der Waals surface area (Å²) < 4.78 is 14.2. The number of hydrogen-bond donors (Lipinski definition) is 0. The van der Waals surface area contributed by atoms with E-state index in [1.165, 1.54) is 20.3 Å². The third kappa shape index (κ3) is 2.59. The Bertz CT molecular complexity index is 377. The van der Waals surface area contributed by atoms with Gasteiger partial charge in [-0.15, -0.1) is 0 Å². The van der Waals surface area contributed by atoms with Gasteiger partial charge in [-0.2, -0.15) is 0 Å². The lowest BCUT2D eigenvalue weighted by molar-refractivity contribution is -0.140. The van der Waals surface area contributed by atoms with Crippen molar-refractivity contribution in [1.82, 2.24) is 0 Å². The Morgan fingerprint density at radius 1 is 1.33 bits per heavy atom. The number of aryl methyl sites for hydroxylation is 1. The van der Waals surface area contributed by atoms with E-state index in [0.717, 1.165) is 0 Å². The number of hydrogen-bond acceptors (Lipinski definition) is 5. The van der Waals surface area contributed by atoms with Gasteiger partial charge < -0.3 is 13.9 Å². The predicted molar refractivity (Wildman–Crippen MR) is 50.5 cm³/mol. The summed E-state index contributed by atoms with van der Waals surface area (Å²) >= 11 is 0. The second-order valence-corrected chi connectivity index (χ2v) is 2.93. The molecule has 0 aliphatic rings. The Balaban J connectivity index is 2.86. The molecular formula is C10H12O5. The van der Waals surface area contributed by atoms with Crippen LogP contribution in [0.5, 0.6) is 0 Å². The predicted octanol–water partition coefficient (Wildman–Crippen LogP) is 1.09. The van der Waals surface area contributed by atoms with E-state index < -0.39 is 11.9 Å². The van der Waals surface area contributed by atoms with Crippen LogP contribution in [0, 0.1) is 6.92 Å². The highest BCUT2D eigenvalue weighted by Gasteiger charge is 2.16. The molecule has 5 nitrogen and oxygen atoms in total. The number of furan rings is 1. The van der Waals surface area contributed by atoms with Crippen LogP contribution < -0.4 is 0 Å². The first-order valence-corrected chi connectivity index (χ1v) is 4.33. The van der Waals surface area contributed by atoms with Crippen molar-refractivity contribution in [3.63, 3.8) is 0 Å². The molecule has 15 heavy (non-hydrogen) atoms. The number of esters is 2. The smallest absolute Gasteiger partial charge is 0.341 e. The van der Waals surface area contributed by atoms with Gasteiger partial charge in [-0.05, 0) is 13.0 Å². The maximum absolute atomic E-state index is 11.2. The molecule has 0 aliphatic heterocycles. The van der Waals surface area contributed by atoms with Gasteiger partial charge in [0.1, 0.15) is 23.5 Å². The fourth-order valence-electron chi connectivity index (χ4n) is 1.16. The van der Waals surface area contributed by atoms with Crippen LogP contribution >= 0.6 is 0 Å². The second-order valence-electron chi connectivity index (χ2n) is 2.93. The highest BCUT2D eigenvalue weighted by Crippen LogP contribution is 2.16. The molecule has 1 rings (SSSR count). The minimum absolute atomic E-state index is 0.00827. The summed E-state index contributed by atoms with van der Waals surface area (Å²) in [5, 5.41) is 0. The van der Waals surface area contributed by atoms with Crippen molar-refractivity contribution in [2.75, 3.05) is 14.2 Å². The number of rotatable bonds is 3. The summed E-state index contributed by atoms with van der Waals surface area (Å²) in [6.45, 7) is 1.63. The van der Waals surface area contributed by atoms with Crippen LogP contribution in [-0.4, -0.2) is 26.2 Å². The lowest BCUT2D eigenvalue weighted by Crippen LogP contribution is -2.03. The Hall–Kier alpha value is -1.78. The Labute approximate surface area is 87.0 Å². The summed E-state index contributed by atoms with van der Waals surface area (Å²) in [5.74, 6) is -0.0759. The number of carbonyl (C=O) groups excluding carboxylic acids is 2. The molecule has 1 heterocycles. The fraction of sp³-hybridized carbons (Fsp3) is 0.400. The summed E-state index contributed by atoms with van der Waals surface area (Å²) in [7, 11) is 2.58. The fourth-order valence-corrected chi connectivity index (χ4v) is 1.16. The lowest BCUT2D eigenvalue weighted by Gasteiger charge is -1.93. The minimum atomic E-state index is -0.479. The van der Waals surface area contributed by atoms with E-state index in [2.05, 4.69) is 9.47 Å². The van der Waals surface area contributed by atoms with E-state index in [-0.39, 0.29) is 6.42 Å². The first kappa shape index (κ1) is 11.3. The van der Waals surface area contributed by atoms with E-state index in [0.29, 0.717) is 17.1 Å². The van der Waals surface area contributed by atoms with Gasteiger partial charge in [-0.25, -0.2) is 4.79 Å². The Morgan fingerprint density at radius 3 is 2.53 bits per heavy atom. The molecular weight excluding hydrogens is 200 g/mol. The van der Waals surface area contributed by atoms with E-state index >= 15 is 0 Å². The van der Waals surface area contributed by atoms with Gasteiger partial charge in [0.15, 0.2) is 0 Å². The molecule has 0 bridgehead atoms. The van der Waals surface area contributed by atoms with E-state index in [1.807, 2.05) is 0 Å². The highest BCUT2D eigenvalue weighted by molar-refractivity contribution is 5.90. The molecule has 1 aromatic heterocycles. The van der Waals surface area contributed by atoms with Gasteiger partial charge in [0, 0.05) is 0 Å². The van der Waals surface area contributed by atoms with Crippen molar-refractivity contribution < 1.29 is 23.5 Å². The molecule has 0 atom stereocenters. The minimum Gasteiger partial charge on any atom is -0.469 e. The van der Waals surface area contributed by atoms with Crippen LogP contribution in [0.25, 0.3) is 0 Å². The molecule has 0 aromatic carbocycles. The van der Waals surface area contributed by atoms with Crippen LogP contribution in [0.4, 0.5) is 0 Å². The first-order chi connectivity index (χ1) is 7.08. The van der Waals surface area contributed by atoms with Crippen molar-refractivity contribution in [1.29, 1.82) is 0 Å². The lowest BCUT2D eigenvalue weighted by atomic mass is 10.2. The zero-order valence-corrected chi connectivity index (χ0v) is 8.83. The van der Waals surface area contributed by atoms with Gasteiger partial charge in [0.25, 0.3) is 0 Å². The monoisotopic (exact) mass is 212 g/mol. The normalized spacial score (nSPS) is 9.80. The van der Waals surface area contributed by atoms with Crippen LogP contribution in [0.2, 0.25) is 0 Å². The first-order valence-electron chi connectivity index (χ1n) is 4.33. The molecule has 0 aliphatic carbocycles. The van der Waals surface area contributed by atoms with Gasteiger partial charge in [-0.3, -0.25) is 4.79 Å². The van der Waals surface area contributed by atoms with Crippen molar-refractivity contribution >= 4 is 11.9 Å². The Kier molecular flexibility index (Phi) is 3.49. The average molecular weight is 212 g/mol. The van der Waals surface area contributed by atoms with Crippen LogP contribution in [0.1, 0.15) is 21.9 Å². The van der Waals surface area contributed by atoms with Crippen LogP contribution in [0.15, 0.2) is 10.5 Å².